The van der Waals surface area contributed by atoms with Gasteiger partial charge >= 0.3 is 7.12 Å². The Morgan fingerprint density at radius 1 is 0.531 bits per heavy atom. The van der Waals surface area contributed by atoms with Crippen molar-refractivity contribution in [3.8, 4) is 0 Å². The lowest BCUT2D eigenvalue weighted by Crippen LogP contribution is -2.70. The Morgan fingerprint density at radius 2 is 0.844 bits per heavy atom. The first-order valence-electron chi connectivity index (χ1n) is 10.2. The average Bonchev–Trinajstić information content (AvgIpc) is 2.86. The SMILES string of the molecule is [B]C1([B])C([B])([B])C([B])([B])C([B])(c2ccc(B3OC(C)(C)C(C)(C)O3)cc2)C([B])([B])C1([B])[B]. The molecule has 1 saturated heterocycles. The third-order valence-corrected chi connectivity index (χ3v) is 7.93. The van der Waals surface area contributed by atoms with Crippen LogP contribution >= 0.6 is 0 Å². The van der Waals surface area contributed by atoms with Gasteiger partial charge in [0.05, 0.1) is 97.5 Å². The summed E-state index contributed by atoms with van der Waals surface area (Å²) >= 11 is 0. The molecule has 1 aromatic carbocycles. The molecule has 1 aromatic rings. The summed E-state index contributed by atoms with van der Waals surface area (Å²) in [5.41, 5.74) is -0.0867. The van der Waals surface area contributed by atoms with Gasteiger partial charge in [0.1, 0.15) is 0 Å². The van der Waals surface area contributed by atoms with E-state index in [2.05, 4.69) is 0 Å². The first kappa shape index (κ1) is 26.5. The predicted octanol–water partition coefficient (Wildman–Crippen LogP) is -1.37. The Balaban J connectivity index is 2.12. The molecule has 0 spiro atoms. The molecule has 0 unspecified atom stereocenters. The van der Waals surface area contributed by atoms with Gasteiger partial charge in [0.15, 0.2) is 0 Å². The van der Waals surface area contributed by atoms with Crippen molar-refractivity contribution >= 4 is 98.9 Å². The van der Waals surface area contributed by atoms with E-state index in [1.54, 1.807) is 24.3 Å². The zero-order chi connectivity index (χ0) is 25.0. The first-order chi connectivity index (χ1) is 14.0. The van der Waals surface area contributed by atoms with Gasteiger partial charge in [-0.2, -0.15) is 0 Å². The van der Waals surface area contributed by atoms with Crippen LogP contribution in [0, 0.1) is 0 Å². The molecular formula is C18H16B12O2. The lowest BCUT2D eigenvalue weighted by molar-refractivity contribution is 0.00578. The summed E-state index contributed by atoms with van der Waals surface area (Å²) in [6.07, 6.45) is 0. The molecule has 2 aliphatic rings. The van der Waals surface area contributed by atoms with Crippen molar-refractivity contribution in [1.82, 2.24) is 0 Å². The maximum Gasteiger partial charge on any atom is 0.494 e. The van der Waals surface area contributed by atoms with E-state index < -0.39 is 49.7 Å². The zero-order valence-corrected chi connectivity index (χ0v) is 19.1. The van der Waals surface area contributed by atoms with Gasteiger partial charge in [-0.25, -0.2) is 0 Å². The Hall–Kier alpha value is -0.0808. The molecule has 0 amide bonds. The molecule has 1 saturated carbocycles. The number of hydrogen-bond acceptors (Lipinski definition) is 2. The highest BCUT2D eigenvalue weighted by Gasteiger charge is 2.69. The molecule has 22 radical (unpaired) electrons. The van der Waals surface area contributed by atoms with Gasteiger partial charge in [0, 0.05) is 0 Å². The van der Waals surface area contributed by atoms with Crippen molar-refractivity contribution in [2.45, 2.75) is 70.3 Å². The molecule has 0 bridgehead atoms. The summed E-state index contributed by atoms with van der Waals surface area (Å²) in [6.45, 7) is 7.79. The molecule has 136 valence electrons. The topological polar surface area (TPSA) is 18.5 Å². The van der Waals surface area contributed by atoms with Gasteiger partial charge in [-0.15, -0.1) is 26.1 Å². The maximum atomic E-state index is 6.70. The molecule has 2 nitrogen and oxygen atoms in total. The Morgan fingerprint density at radius 3 is 1.19 bits per heavy atom. The van der Waals surface area contributed by atoms with E-state index in [0.29, 0.717) is 5.46 Å². The zero-order valence-electron chi connectivity index (χ0n) is 19.1. The molecule has 0 atom stereocenters. The van der Waals surface area contributed by atoms with E-state index in [4.69, 9.17) is 95.6 Å². The third-order valence-electron chi connectivity index (χ3n) is 7.93. The van der Waals surface area contributed by atoms with Gasteiger partial charge in [-0.05, 0) is 33.2 Å². The Kier molecular flexibility index (Phi) is 5.79. The van der Waals surface area contributed by atoms with Crippen LogP contribution in [-0.2, 0) is 14.6 Å². The second-order valence-corrected chi connectivity index (χ2v) is 10.4. The summed E-state index contributed by atoms with van der Waals surface area (Å²) < 4.78 is 12.1. The summed E-state index contributed by atoms with van der Waals surface area (Å²) in [6, 6.07) is 6.59. The van der Waals surface area contributed by atoms with Crippen LogP contribution in [0.2, 0.25) is 26.1 Å². The van der Waals surface area contributed by atoms with Gasteiger partial charge in [0.25, 0.3) is 0 Å². The summed E-state index contributed by atoms with van der Waals surface area (Å²) in [5.74, 6) is 0. The predicted molar refractivity (Wildman–Crippen MR) is 141 cm³/mol. The molecule has 0 aromatic heterocycles. The molecule has 3 rings (SSSR count). The highest BCUT2D eigenvalue weighted by molar-refractivity contribution is 6.72. The van der Waals surface area contributed by atoms with E-state index in [-0.39, 0.29) is 5.56 Å². The van der Waals surface area contributed by atoms with E-state index in [9.17, 15) is 0 Å². The third kappa shape index (κ3) is 2.90. The van der Waals surface area contributed by atoms with Crippen LogP contribution in [0.25, 0.3) is 0 Å². The number of rotatable bonds is 2. The van der Waals surface area contributed by atoms with Crippen molar-refractivity contribution < 1.29 is 9.31 Å². The second kappa shape index (κ2) is 6.99. The molecular weight excluding hydrogens is 378 g/mol. The quantitative estimate of drug-likeness (QED) is 0.577. The molecule has 1 aliphatic heterocycles. The van der Waals surface area contributed by atoms with Crippen molar-refractivity contribution in [3.05, 3.63) is 29.8 Å². The molecule has 32 heavy (non-hydrogen) atoms. The van der Waals surface area contributed by atoms with Crippen LogP contribution < -0.4 is 5.46 Å². The van der Waals surface area contributed by atoms with Gasteiger partial charge < -0.3 is 9.31 Å². The van der Waals surface area contributed by atoms with Crippen molar-refractivity contribution in [3.63, 3.8) is 0 Å². The summed E-state index contributed by atoms with van der Waals surface area (Å²) in [7, 11) is 68.7. The Bertz CT molecular complexity index is 861. The average molecular weight is 394 g/mol. The largest absolute Gasteiger partial charge is 0.494 e. The summed E-state index contributed by atoms with van der Waals surface area (Å²) in [5, 5.41) is -13.5. The van der Waals surface area contributed by atoms with E-state index in [0.717, 1.165) is 0 Å². The molecule has 2 fully saturated rings. The number of hydrogen-bond donors (Lipinski definition) is 0. The fraction of sp³-hybridized carbons (Fsp3) is 0.667. The van der Waals surface area contributed by atoms with E-state index in [1.165, 1.54) is 0 Å². The summed E-state index contributed by atoms with van der Waals surface area (Å²) in [4.78, 5) is 0. The van der Waals surface area contributed by atoms with Gasteiger partial charge in [0.2, 0.25) is 0 Å². The fourth-order valence-corrected chi connectivity index (χ4v) is 4.38. The van der Waals surface area contributed by atoms with Crippen LogP contribution in [0.5, 0.6) is 0 Å². The highest BCUT2D eigenvalue weighted by atomic mass is 16.7. The monoisotopic (exact) mass is 396 g/mol. The van der Waals surface area contributed by atoms with Crippen LogP contribution in [0.3, 0.4) is 0 Å². The minimum atomic E-state index is -2.31. The minimum Gasteiger partial charge on any atom is -0.399 e. The highest BCUT2D eigenvalue weighted by Crippen LogP contribution is 2.83. The van der Waals surface area contributed by atoms with Crippen LogP contribution in [0.15, 0.2) is 24.3 Å². The van der Waals surface area contributed by atoms with Crippen LogP contribution in [0.1, 0.15) is 33.3 Å². The molecule has 14 heteroatoms. The Labute approximate surface area is 208 Å². The molecule has 1 heterocycles. The first-order valence-corrected chi connectivity index (χ1v) is 10.2. The maximum absolute atomic E-state index is 6.70. The lowest BCUT2D eigenvalue weighted by Gasteiger charge is -2.82. The smallest absolute Gasteiger partial charge is 0.399 e. The minimum absolute atomic E-state index is 0.254. The van der Waals surface area contributed by atoms with Gasteiger partial charge in [-0.3, -0.25) is 0 Å². The van der Waals surface area contributed by atoms with Crippen LogP contribution in [-0.4, -0.2) is 105 Å². The van der Waals surface area contributed by atoms with Crippen molar-refractivity contribution in [1.29, 1.82) is 0 Å². The molecule has 1 aliphatic carbocycles. The van der Waals surface area contributed by atoms with E-state index >= 15 is 0 Å². The van der Waals surface area contributed by atoms with Gasteiger partial charge in [-0.1, -0.05) is 35.1 Å². The molecule has 0 N–H and O–H groups in total. The number of benzene rings is 1. The van der Waals surface area contributed by atoms with Crippen molar-refractivity contribution in [2.75, 3.05) is 0 Å². The standard InChI is InChI=1S/C18H16B12O2/c1-11(2)12(3,4)32-30(31-11)10-7-5-9(6-8-10)13(19)14(20,21)16(24,25)18(28,29)17(26,27)15(13,22)23/h5-8H,1-4H3. The van der Waals surface area contributed by atoms with E-state index in [1.807, 2.05) is 27.7 Å². The van der Waals surface area contributed by atoms with Crippen molar-refractivity contribution in [2.24, 2.45) is 0 Å². The normalized spacial score (nSPS) is 29.8. The van der Waals surface area contributed by atoms with Crippen LogP contribution in [0.4, 0.5) is 0 Å². The lowest BCUT2D eigenvalue weighted by atomic mass is 8.96. The second-order valence-electron chi connectivity index (χ2n) is 10.4. The fourth-order valence-electron chi connectivity index (χ4n) is 4.38.